The van der Waals surface area contributed by atoms with Crippen LogP contribution in [0.5, 0.6) is 11.8 Å². The molecule has 34 heavy (non-hydrogen) atoms. The lowest BCUT2D eigenvalue weighted by atomic mass is 10.2. The molecular formula is C22H18F4N6O2. The molecule has 8 nitrogen and oxygen atoms in total. The summed E-state index contributed by atoms with van der Waals surface area (Å²) in [6.45, 7) is 1.58. The van der Waals surface area contributed by atoms with Crippen molar-refractivity contribution < 1.29 is 27.0 Å². The molecule has 1 fully saturated rings. The first-order valence-corrected chi connectivity index (χ1v) is 10.3. The number of anilines is 2. The number of nitrogens with one attached hydrogen (secondary N) is 3. The lowest BCUT2D eigenvalue weighted by Crippen LogP contribution is -2.40. The van der Waals surface area contributed by atoms with E-state index in [1.807, 2.05) is 0 Å². The summed E-state index contributed by atoms with van der Waals surface area (Å²) in [5, 5.41) is 6.31. The topological polar surface area (TPSA) is 97.0 Å². The van der Waals surface area contributed by atoms with Crippen molar-refractivity contribution in [2.45, 2.75) is 18.8 Å². The molecule has 0 spiro atoms. The molecule has 0 radical (unpaired) electrons. The van der Waals surface area contributed by atoms with E-state index >= 15 is 0 Å². The van der Waals surface area contributed by atoms with Gasteiger partial charge in [-0.2, -0.15) is 13.2 Å². The Bertz CT molecular complexity index is 1290. The Kier molecular flexibility index (Phi) is 5.65. The van der Waals surface area contributed by atoms with E-state index in [2.05, 4.69) is 30.6 Å². The lowest BCUT2D eigenvalue weighted by Gasteiger charge is -2.27. The van der Waals surface area contributed by atoms with Crippen molar-refractivity contribution in [2.24, 2.45) is 0 Å². The number of benzene rings is 2. The van der Waals surface area contributed by atoms with Crippen LogP contribution in [0.2, 0.25) is 0 Å². The Morgan fingerprint density at radius 3 is 2.47 bits per heavy atom. The maximum absolute atomic E-state index is 14.4. The second-order valence-corrected chi connectivity index (χ2v) is 7.67. The van der Waals surface area contributed by atoms with Gasteiger partial charge in [0.1, 0.15) is 11.3 Å². The summed E-state index contributed by atoms with van der Waals surface area (Å²) < 4.78 is 62.7. The molecule has 2 aromatic heterocycles. The van der Waals surface area contributed by atoms with Gasteiger partial charge in [-0.25, -0.2) is 19.3 Å². The first-order valence-electron chi connectivity index (χ1n) is 10.3. The Morgan fingerprint density at radius 1 is 1.09 bits per heavy atom. The van der Waals surface area contributed by atoms with Gasteiger partial charge < -0.3 is 25.1 Å². The zero-order chi connectivity index (χ0) is 23.7. The Balaban J connectivity index is 1.20. The van der Waals surface area contributed by atoms with Crippen LogP contribution in [0, 0.1) is 5.82 Å². The number of ether oxygens (including phenoxy) is 2. The van der Waals surface area contributed by atoms with Crippen molar-refractivity contribution >= 4 is 22.7 Å². The number of rotatable bonds is 7. The van der Waals surface area contributed by atoms with E-state index in [9.17, 15) is 17.6 Å². The monoisotopic (exact) mass is 474 g/mol. The van der Waals surface area contributed by atoms with Crippen LogP contribution < -0.4 is 15.4 Å². The third-order valence-corrected chi connectivity index (χ3v) is 5.10. The minimum atomic E-state index is -4.51. The van der Waals surface area contributed by atoms with Gasteiger partial charge >= 0.3 is 12.2 Å². The number of fused-ring (bicyclic) bond motifs is 1. The summed E-state index contributed by atoms with van der Waals surface area (Å²) in [4.78, 5) is 14.5. The van der Waals surface area contributed by atoms with E-state index in [1.54, 1.807) is 30.3 Å². The largest absolute Gasteiger partial charge is 0.424 e. The highest BCUT2D eigenvalue weighted by Crippen LogP contribution is 2.29. The quantitative estimate of drug-likeness (QED) is 0.333. The van der Waals surface area contributed by atoms with E-state index < -0.39 is 17.6 Å². The number of halogens is 4. The number of H-pyrrole nitrogens is 1. The predicted molar refractivity (Wildman–Crippen MR) is 115 cm³/mol. The van der Waals surface area contributed by atoms with Crippen molar-refractivity contribution in [2.75, 3.05) is 23.8 Å². The standard InChI is InChI=1S/C22H18F4N6O2/c23-17-5-14(30-15-10-33-11-15)6-18-19(17)32-20(31-18)27-7-12-1-3-16(4-2-12)34-21-28-8-13(9-29-21)22(24,25)26/h1-6,8-9,15,30H,7,10-11H2,(H2,27,31,32). The normalized spacial score (nSPS) is 14.1. The molecule has 3 heterocycles. The van der Waals surface area contributed by atoms with E-state index in [-0.39, 0.29) is 17.6 Å². The molecule has 0 atom stereocenters. The number of imidazole rings is 1. The zero-order valence-corrected chi connectivity index (χ0v) is 17.5. The van der Waals surface area contributed by atoms with Crippen LogP contribution in [0.15, 0.2) is 48.8 Å². The van der Waals surface area contributed by atoms with Crippen LogP contribution in [0.4, 0.5) is 29.2 Å². The number of alkyl halides is 3. The Labute approximate surface area is 190 Å². The molecule has 1 aliphatic heterocycles. The summed E-state index contributed by atoms with van der Waals surface area (Å²) >= 11 is 0. The summed E-state index contributed by atoms with van der Waals surface area (Å²) in [5.41, 5.74) is 1.37. The molecule has 5 rings (SSSR count). The highest BCUT2D eigenvalue weighted by atomic mass is 19.4. The van der Waals surface area contributed by atoms with Crippen molar-refractivity contribution in [3.63, 3.8) is 0 Å². The molecule has 2 aromatic carbocycles. The van der Waals surface area contributed by atoms with Crippen molar-refractivity contribution in [1.82, 2.24) is 19.9 Å². The van der Waals surface area contributed by atoms with Gasteiger partial charge in [0, 0.05) is 24.6 Å². The fourth-order valence-corrected chi connectivity index (χ4v) is 3.28. The minimum Gasteiger partial charge on any atom is -0.424 e. The fraction of sp³-hybridized carbons (Fsp3) is 0.227. The number of nitrogens with zero attached hydrogens (tertiary/aromatic N) is 3. The maximum atomic E-state index is 14.4. The van der Waals surface area contributed by atoms with E-state index in [0.29, 0.717) is 55.1 Å². The summed E-state index contributed by atoms with van der Waals surface area (Å²) in [5.74, 6) is 0.347. The van der Waals surface area contributed by atoms with Gasteiger partial charge in [-0.1, -0.05) is 12.1 Å². The second-order valence-electron chi connectivity index (χ2n) is 7.67. The van der Waals surface area contributed by atoms with E-state index in [1.165, 1.54) is 6.07 Å². The number of hydrogen-bond acceptors (Lipinski definition) is 7. The van der Waals surface area contributed by atoms with E-state index in [0.717, 1.165) is 5.56 Å². The minimum absolute atomic E-state index is 0.176. The first-order chi connectivity index (χ1) is 16.3. The summed E-state index contributed by atoms with van der Waals surface area (Å²) in [6, 6.07) is 9.99. The molecule has 0 bridgehead atoms. The average molecular weight is 474 g/mol. The smallest absolute Gasteiger partial charge is 0.419 e. The summed E-state index contributed by atoms with van der Waals surface area (Å²) in [6.07, 6.45) is -3.18. The van der Waals surface area contributed by atoms with Crippen LogP contribution in [-0.2, 0) is 17.5 Å². The molecule has 3 N–H and O–H groups in total. The third-order valence-electron chi connectivity index (χ3n) is 5.10. The van der Waals surface area contributed by atoms with Crippen LogP contribution in [0.3, 0.4) is 0 Å². The van der Waals surface area contributed by atoms with Crippen molar-refractivity contribution in [1.29, 1.82) is 0 Å². The van der Waals surface area contributed by atoms with Crippen molar-refractivity contribution in [3.8, 4) is 11.8 Å². The molecule has 0 unspecified atom stereocenters. The van der Waals surface area contributed by atoms with Gasteiger partial charge in [-0.05, 0) is 29.8 Å². The molecule has 1 saturated heterocycles. The predicted octanol–water partition coefficient (Wildman–Crippen LogP) is 4.73. The molecule has 1 aliphatic rings. The maximum Gasteiger partial charge on any atom is 0.419 e. The number of hydrogen-bond donors (Lipinski definition) is 3. The Morgan fingerprint density at radius 2 is 1.82 bits per heavy atom. The van der Waals surface area contributed by atoms with Crippen LogP contribution in [0.25, 0.3) is 11.0 Å². The number of aromatic nitrogens is 4. The fourth-order valence-electron chi connectivity index (χ4n) is 3.28. The van der Waals surface area contributed by atoms with E-state index in [4.69, 9.17) is 9.47 Å². The third kappa shape index (κ3) is 4.86. The molecule has 176 valence electrons. The molecule has 12 heteroatoms. The van der Waals surface area contributed by atoms with Crippen LogP contribution in [-0.4, -0.2) is 39.2 Å². The van der Waals surface area contributed by atoms with Gasteiger partial charge in [0.25, 0.3) is 0 Å². The summed E-state index contributed by atoms with van der Waals surface area (Å²) in [7, 11) is 0. The molecular weight excluding hydrogens is 456 g/mol. The number of aromatic amines is 1. The lowest BCUT2D eigenvalue weighted by molar-refractivity contribution is -0.138. The van der Waals surface area contributed by atoms with Crippen LogP contribution in [0.1, 0.15) is 11.1 Å². The zero-order valence-electron chi connectivity index (χ0n) is 17.5. The first kappa shape index (κ1) is 21.9. The highest BCUT2D eigenvalue weighted by Gasteiger charge is 2.31. The highest BCUT2D eigenvalue weighted by molar-refractivity contribution is 5.82. The SMILES string of the molecule is Fc1cc(NC2COC2)cc2[nH]c(NCc3ccc(Oc4ncc(C(F)(F)F)cn4)cc3)nc12. The second kappa shape index (κ2) is 8.78. The van der Waals surface area contributed by atoms with Crippen molar-refractivity contribution in [3.05, 3.63) is 65.7 Å². The van der Waals surface area contributed by atoms with Gasteiger partial charge in [0.2, 0.25) is 5.95 Å². The van der Waals surface area contributed by atoms with Gasteiger partial charge in [-0.15, -0.1) is 0 Å². The molecule has 0 saturated carbocycles. The van der Waals surface area contributed by atoms with Gasteiger partial charge in [-0.3, -0.25) is 0 Å². The average Bonchev–Trinajstić information content (AvgIpc) is 3.19. The molecule has 0 amide bonds. The van der Waals surface area contributed by atoms with Crippen LogP contribution >= 0.6 is 0 Å². The van der Waals surface area contributed by atoms with Gasteiger partial charge in [0.15, 0.2) is 5.82 Å². The Hall–Kier alpha value is -3.93. The molecule has 0 aliphatic carbocycles. The van der Waals surface area contributed by atoms with Gasteiger partial charge in [0.05, 0.1) is 30.3 Å². The molecule has 4 aromatic rings.